The first-order valence-electron chi connectivity index (χ1n) is 8.47. The second kappa shape index (κ2) is 7.67. The van der Waals surface area contributed by atoms with E-state index in [1.807, 2.05) is 0 Å². The number of carboxylic acid groups (broad SMARTS) is 1. The number of non-ortho nitro benzene ring substituents is 1. The van der Waals surface area contributed by atoms with Gasteiger partial charge in [0, 0.05) is 17.8 Å². The number of hydrogen-bond donors (Lipinski definition) is 2. The Morgan fingerprint density at radius 3 is 2.34 bits per heavy atom. The fourth-order valence-electron chi connectivity index (χ4n) is 3.26. The van der Waals surface area contributed by atoms with Crippen molar-refractivity contribution in [2.45, 2.75) is 12.8 Å². The number of carbonyl (C=O) groups is 1. The lowest BCUT2D eigenvalue weighted by atomic mass is 9.80. The predicted octanol–water partition coefficient (Wildman–Crippen LogP) is 3.71. The molecule has 1 aliphatic heterocycles. The first-order valence-corrected chi connectivity index (χ1v) is 8.47. The predicted molar refractivity (Wildman–Crippen MR) is 103 cm³/mol. The lowest BCUT2D eigenvalue weighted by Crippen LogP contribution is -2.24. The number of nitro benzene ring substituents is 1. The Hall–Kier alpha value is -4.43. The van der Waals surface area contributed by atoms with Gasteiger partial charge < -0.3 is 10.4 Å². The van der Waals surface area contributed by atoms with Crippen molar-refractivity contribution in [3.63, 3.8) is 0 Å². The van der Waals surface area contributed by atoms with E-state index >= 15 is 0 Å². The third kappa shape index (κ3) is 3.55. The maximum atomic E-state index is 11.4. The van der Waals surface area contributed by atoms with E-state index in [1.54, 1.807) is 19.1 Å². The zero-order valence-corrected chi connectivity index (χ0v) is 15.2. The average Bonchev–Trinajstić information content (AvgIpc) is 2.73. The third-order valence-corrected chi connectivity index (χ3v) is 4.64. The first kappa shape index (κ1) is 19.3. The van der Waals surface area contributed by atoms with E-state index in [0.717, 1.165) is 0 Å². The van der Waals surface area contributed by atoms with Crippen molar-refractivity contribution >= 4 is 17.4 Å². The van der Waals surface area contributed by atoms with Crippen LogP contribution in [-0.2, 0) is 0 Å². The molecule has 0 bridgehead atoms. The van der Waals surface area contributed by atoms with Crippen molar-refractivity contribution in [3.05, 3.63) is 92.2 Å². The van der Waals surface area contributed by atoms with E-state index in [1.165, 1.54) is 36.4 Å². The Morgan fingerprint density at radius 1 is 1.14 bits per heavy atom. The van der Waals surface area contributed by atoms with Crippen molar-refractivity contribution in [2.24, 2.45) is 0 Å². The molecular weight excluding hydrogens is 372 g/mol. The van der Waals surface area contributed by atoms with Gasteiger partial charge >= 0.3 is 5.97 Å². The average molecular weight is 386 g/mol. The summed E-state index contributed by atoms with van der Waals surface area (Å²) in [6.07, 6.45) is 0. The summed E-state index contributed by atoms with van der Waals surface area (Å²) in [6.45, 7) is 1.69. The zero-order valence-electron chi connectivity index (χ0n) is 15.2. The summed E-state index contributed by atoms with van der Waals surface area (Å²) in [5.74, 6) is -1.87. The highest BCUT2D eigenvalue weighted by molar-refractivity contribution is 5.88. The van der Waals surface area contributed by atoms with Gasteiger partial charge in [0.25, 0.3) is 5.69 Å². The molecule has 0 aliphatic carbocycles. The van der Waals surface area contributed by atoms with Crippen LogP contribution >= 0.6 is 0 Å². The first-order chi connectivity index (χ1) is 13.9. The van der Waals surface area contributed by atoms with Crippen LogP contribution in [0.2, 0.25) is 0 Å². The van der Waals surface area contributed by atoms with E-state index in [2.05, 4.69) is 17.5 Å². The number of nitro groups is 1. The number of nitriles is 2. The third-order valence-electron chi connectivity index (χ3n) is 4.64. The van der Waals surface area contributed by atoms with Gasteiger partial charge in [0.15, 0.2) is 0 Å². The van der Waals surface area contributed by atoms with Crippen LogP contribution in [0.1, 0.15) is 34.3 Å². The summed E-state index contributed by atoms with van der Waals surface area (Å²) >= 11 is 0. The lowest BCUT2D eigenvalue weighted by molar-refractivity contribution is -0.384. The van der Waals surface area contributed by atoms with E-state index in [4.69, 9.17) is 0 Å². The van der Waals surface area contributed by atoms with E-state index in [0.29, 0.717) is 28.1 Å². The Kier molecular flexibility index (Phi) is 5.11. The van der Waals surface area contributed by atoms with Gasteiger partial charge in [0.05, 0.1) is 45.4 Å². The van der Waals surface area contributed by atoms with Crippen molar-refractivity contribution in [1.29, 1.82) is 10.5 Å². The molecule has 0 aromatic heterocycles. The van der Waals surface area contributed by atoms with Gasteiger partial charge in [-0.2, -0.15) is 10.5 Å². The van der Waals surface area contributed by atoms with Gasteiger partial charge in [0.2, 0.25) is 0 Å². The second-order valence-electron chi connectivity index (χ2n) is 6.34. The van der Waals surface area contributed by atoms with Crippen molar-refractivity contribution in [2.75, 3.05) is 0 Å². The fourth-order valence-corrected chi connectivity index (χ4v) is 3.26. The molecule has 29 heavy (non-hydrogen) atoms. The quantitative estimate of drug-likeness (QED) is 0.603. The molecule has 8 heteroatoms. The normalized spacial score (nSPS) is 15.9. The van der Waals surface area contributed by atoms with Crippen molar-refractivity contribution in [1.82, 2.24) is 5.32 Å². The van der Waals surface area contributed by atoms with Gasteiger partial charge in [-0.05, 0) is 42.3 Å². The van der Waals surface area contributed by atoms with Crippen LogP contribution in [0.15, 0.2) is 65.4 Å². The van der Waals surface area contributed by atoms with Gasteiger partial charge in [-0.1, -0.05) is 12.1 Å². The maximum absolute atomic E-state index is 11.4. The number of carboxylic acids is 1. The molecule has 0 saturated carbocycles. The summed E-state index contributed by atoms with van der Waals surface area (Å²) in [4.78, 5) is 21.7. The molecule has 0 amide bonds. The van der Waals surface area contributed by atoms with Gasteiger partial charge in [0.1, 0.15) is 0 Å². The Labute approximate surface area is 165 Å². The van der Waals surface area contributed by atoms with Crippen molar-refractivity contribution in [3.8, 4) is 12.1 Å². The van der Waals surface area contributed by atoms with Crippen LogP contribution in [0.25, 0.3) is 5.70 Å². The van der Waals surface area contributed by atoms with Gasteiger partial charge in [-0.25, -0.2) is 4.79 Å². The minimum absolute atomic E-state index is 0.0464. The second-order valence-corrected chi connectivity index (χ2v) is 6.34. The number of hydrogen-bond acceptors (Lipinski definition) is 6. The van der Waals surface area contributed by atoms with E-state index < -0.39 is 16.8 Å². The molecule has 142 valence electrons. The summed E-state index contributed by atoms with van der Waals surface area (Å²) in [5, 5.41) is 42.8. The van der Waals surface area contributed by atoms with Crippen LogP contribution in [0, 0.1) is 32.8 Å². The highest BCUT2D eigenvalue weighted by atomic mass is 16.6. The molecule has 1 unspecified atom stereocenters. The molecule has 3 rings (SSSR count). The molecule has 0 fully saturated rings. The maximum Gasteiger partial charge on any atom is 0.335 e. The Morgan fingerprint density at radius 2 is 1.79 bits per heavy atom. The molecular formula is C21H14N4O4. The standard InChI is InChI=1S/C21H14N4O4/c1-12-17(10-22)19(14-3-2-4-15(9-14)21(26)27)18(11-23)20(24-12)13-5-7-16(8-6-13)25(28)29/h2-9,19,24H,1H3,(H,26,27). The van der Waals surface area contributed by atoms with Crippen LogP contribution in [0.3, 0.4) is 0 Å². The van der Waals surface area contributed by atoms with Gasteiger partial charge in [-0.15, -0.1) is 0 Å². The van der Waals surface area contributed by atoms with Crippen LogP contribution in [0.5, 0.6) is 0 Å². The molecule has 1 heterocycles. The number of nitrogens with one attached hydrogen (secondary N) is 1. The number of benzene rings is 2. The Balaban J connectivity index is 2.20. The largest absolute Gasteiger partial charge is 0.478 e. The number of allylic oxidation sites excluding steroid dienone is 3. The number of aromatic carboxylic acids is 1. The van der Waals surface area contributed by atoms with Crippen LogP contribution < -0.4 is 5.32 Å². The van der Waals surface area contributed by atoms with Gasteiger partial charge in [-0.3, -0.25) is 10.1 Å². The van der Waals surface area contributed by atoms with Crippen LogP contribution in [0.4, 0.5) is 5.69 Å². The Bertz CT molecular complexity index is 1160. The van der Waals surface area contributed by atoms with E-state index in [-0.39, 0.29) is 16.8 Å². The molecule has 2 N–H and O–H groups in total. The van der Waals surface area contributed by atoms with Crippen molar-refractivity contribution < 1.29 is 14.8 Å². The topological polar surface area (TPSA) is 140 Å². The molecule has 2 aromatic rings. The molecule has 8 nitrogen and oxygen atoms in total. The number of rotatable bonds is 4. The summed E-state index contributed by atoms with van der Waals surface area (Å²) < 4.78 is 0. The number of nitrogens with zero attached hydrogens (tertiary/aromatic N) is 3. The summed E-state index contributed by atoms with van der Waals surface area (Å²) in [6, 6.07) is 16.0. The lowest BCUT2D eigenvalue weighted by Gasteiger charge is -2.28. The highest BCUT2D eigenvalue weighted by Crippen LogP contribution is 2.40. The molecule has 1 atom stereocenters. The minimum Gasteiger partial charge on any atom is -0.478 e. The van der Waals surface area contributed by atoms with E-state index in [9.17, 15) is 30.5 Å². The summed E-state index contributed by atoms with van der Waals surface area (Å²) in [7, 11) is 0. The highest BCUT2D eigenvalue weighted by Gasteiger charge is 2.31. The zero-order chi connectivity index (χ0) is 21.1. The fraction of sp³-hybridized carbons (Fsp3) is 0.0952. The summed E-state index contributed by atoms with van der Waals surface area (Å²) in [5.41, 5.74) is 2.47. The smallest absolute Gasteiger partial charge is 0.335 e. The molecule has 2 aromatic carbocycles. The molecule has 1 aliphatic rings. The minimum atomic E-state index is -1.11. The molecule has 0 saturated heterocycles. The SMILES string of the molecule is CC1=C(C#N)C(c2cccc(C(=O)O)c2)C(C#N)=C(c2ccc([N+](=O)[O-])cc2)N1. The molecule has 0 radical (unpaired) electrons. The van der Waals surface area contributed by atoms with Crippen LogP contribution in [-0.4, -0.2) is 16.0 Å². The number of dihydropyridines is 1. The monoisotopic (exact) mass is 386 g/mol. The molecule has 0 spiro atoms.